The smallest absolute Gasteiger partial charge is 0.410 e. The number of likely N-dealkylation sites (tertiary alicyclic amines) is 1. The van der Waals surface area contributed by atoms with E-state index < -0.39 is 19.7 Å². The summed E-state index contributed by atoms with van der Waals surface area (Å²) >= 11 is 0. The fourth-order valence-corrected chi connectivity index (χ4v) is 10.1. The first-order valence-electron chi connectivity index (χ1n) is 12.8. The normalized spacial score (nSPS) is 24.0. The summed E-state index contributed by atoms with van der Waals surface area (Å²) in [6.45, 7) is 17.0. The molecule has 0 aliphatic carbocycles. The summed E-state index contributed by atoms with van der Waals surface area (Å²) in [5.41, 5.74) is -0.598. The van der Waals surface area contributed by atoms with Gasteiger partial charge >= 0.3 is 6.09 Å². The molecule has 2 aliphatic rings. The highest BCUT2D eigenvalue weighted by atomic mass is 28.4. The molecular weight excluding hydrogens is 470 g/mol. The van der Waals surface area contributed by atoms with Crippen molar-refractivity contribution in [1.29, 1.82) is 0 Å². The molecule has 0 radical (unpaired) electrons. The van der Waals surface area contributed by atoms with Crippen LogP contribution in [0, 0.1) is 0 Å². The molecule has 2 aromatic rings. The Kier molecular flexibility index (Phi) is 7.16. The molecule has 2 heterocycles. The predicted octanol–water partition coefficient (Wildman–Crippen LogP) is 4.70. The fourth-order valence-electron chi connectivity index (χ4n) is 5.52. The number of carbonyl (C=O) groups excluding carboxylic acids is 1. The van der Waals surface area contributed by atoms with Crippen LogP contribution in [0.15, 0.2) is 60.7 Å². The van der Waals surface area contributed by atoms with Gasteiger partial charge in [0.05, 0.1) is 19.2 Å². The molecule has 0 bridgehead atoms. The van der Waals surface area contributed by atoms with Gasteiger partial charge in [0, 0.05) is 0 Å². The molecule has 36 heavy (non-hydrogen) atoms. The number of fused-ring (bicyclic) bond motifs is 1. The lowest BCUT2D eigenvalue weighted by Crippen LogP contribution is -2.67. The molecule has 4 rings (SSSR count). The van der Waals surface area contributed by atoms with Crippen LogP contribution >= 0.6 is 0 Å². The van der Waals surface area contributed by atoms with Gasteiger partial charge in [0.25, 0.3) is 8.32 Å². The summed E-state index contributed by atoms with van der Waals surface area (Å²) in [6.07, 6.45) is -0.871. The summed E-state index contributed by atoms with van der Waals surface area (Å²) in [5.74, 6) is -0.703. The summed E-state index contributed by atoms with van der Waals surface area (Å²) in [4.78, 5) is 15.0. The largest absolute Gasteiger partial charge is 0.444 e. The van der Waals surface area contributed by atoms with Crippen molar-refractivity contribution in [2.75, 3.05) is 13.2 Å². The minimum absolute atomic E-state index is 0.170. The molecule has 0 unspecified atom stereocenters. The van der Waals surface area contributed by atoms with Crippen molar-refractivity contribution in [3.05, 3.63) is 60.7 Å². The van der Waals surface area contributed by atoms with E-state index in [9.17, 15) is 4.79 Å². The number of carbonyl (C=O) groups is 1. The third-order valence-corrected chi connectivity index (χ3v) is 11.9. The Labute approximate surface area is 217 Å². The highest BCUT2D eigenvalue weighted by molar-refractivity contribution is 6.99. The summed E-state index contributed by atoms with van der Waals surface area (Å²) < 4.78 is 25.4. The van der Waals surface area contributed by atoms with Gasteiger partial charge in [-0.2, -0.15) is 0 Å². The van der Waals surface area contributed by atoms with Crippen molar-refractivity contribution in [3.63, 3.8) is 0 Å². The zero-order valence-electron chi connectivity index (χ0n) is 22.9. The first-order chi connectivity index (χ1) is 16.7. The van der Waals surface area contributed by atoms with Gasteiger partial charge in [-0.25, -0.2) is 4.79 Å². The number of hydrogen-bond acceptors (Lipinski definition) is 5. The molecule has 1 amide bonds. The summed E-state index contributed by atoms with van der Waals surface area (Å²) in [7, 11) is -2.78. The number of benzene rings is 2. The molecule has 0 saturated carbocycles. The van der Waals surface area contributed by atoms with Crippen LogP contribution in [0.25, 0.3) is 0 Å². The van der Waals surface area contributed by atoms with Gasteiger partial charge in [-0.15, -0.1) is 0 Å². The maximum absolute atomic E-state index is 13.3. The van der Waals surface area contributed by atoms with Crippen LogP contribution in [0.4, 0.5) is 4.79 Å². The maximum Gasteiger partial charge on any atom is 0.410 e. The lowest BCUT2D eigenvalue weighted by atomic mass is 10.1. The Balaban J connectivity index is 1.73. The van der Waals surface area contributed by atoms with Crippen molar-refractivity contribution in [2.45, 2.75) is 90.1 Å². The van der Waals surface area contributed by atoms with Crippen molar-refractivity contribution >= 4 is 24.8 Å². The van der Waals surface area contributed by atoms with E-state index in [0.29, 0.717) is 13.2 Å². The summed E-state index contributed by atoms with van der Waals surface area (Å²) in [5, 5.41) is 2.23. The van der Waals surface area contributed by atoms with E-state index in [1.807, 2.05) is 46.8 Å². The van der Waals surface area contributed by atoms with Crippen LogP contribution in [-0.4, -0.2) is 62.1 Å². The van der Waals surface area contributed by atoms with E-state index in [2.05, 4.69) is 69.3 Å². The Morgan fingerprint density at radius 2 is 1.47 bits per heavy atom. The fraction of sp³-hybridized carbons (Fsp3) is 0.552. The molecular formula is C29H41NO5Si. The topological polar surface area (TPSA) is 57.2 Å². The Hall–Kier alpha value is -2.19. The van der Waals surface area contributed by atoms with Gasteiger partial charge in [0.1, 0.15) is 17.8 Å². The van der Waals surface area contributed by atoms with Gasteiger partial charge in [0.15, 0.2) is 5.79 Å². The van der Waals surface area contributed by atoms with Gasteiger partial charge < -0.3 is 18.6 Å². The molecule has 0 N–H and O–H groups in total. The van der Waals surface area contributed by atoms with E-state index in [0.717, 1.165) is 0 Å². The molecule has 6 nitrogen and oxygen atoms in total. The van der Waals surface area contributed by atoms with Gasteiger partial charge in [-0.05, 0) is 50.0 Å². The highest BCUT2D eigenvalue weighted by Gasteiger charge is 2.57. The standard InChI is InChI=1S/C29H41NO5Si/c1-27(2,3)35-26(31)30-19-24-25(34-29(7,8)33-24)23(30)20-32-36(28(4,5)6,21-15-11-9-12-16-21)22-17-13-10-14-18-22/h9-18,23-25H,19-20H2,1-8H3/t23-,24+,25-/m1/s1. The van der Waals surface area contributed by atoms with E-state index >= 15 is 0 Å². The number of hydrogen-bond donors (Lipinski definition) is 0. The Morgan fingerprint density at radius 3 is 1.94 bits per heavy atom. The SMILES string of the molecule is CC(C)(C)OC(=O)N1C[C@@H]2OC(C)(C)O[C@@H]2[C@H]1CO[Si](c1ccccc1)(c1ccccc1)C(C)(C)C. The van der Waals surface area contributed by atoms with Crippen LogP contribution in [-0.2, 0) is 18.6 Å². The molecule has 2 aromatic carbocycles. The molecule has 0 aromatic heterocycles. The quantitative estimate of drug-likeness (QED) is 0.545. The van der Waals surface area contributed by atoms with Crippen LogP contribution in [0.1, 0.15) is 55.4 Å². The van der Waals surface area contributed by atoms with E-state index in [-0.39, 0.29) is 29.4 Å². The average molecular weight is 512 g/mol. The molecule has 7 heteroatoms. The van der Waals surface area contributed by atoms with Crippen molar-refractivity contribution in [2.24, 2.45) is 0 Å². The van der Waals surface area contributed by atoms with E-state index in [1.165, 1.54) is 10.4 Å². The lowest BCUT2D eigenvalue weighted by Gasteiger charge is -2.44. The van der Waals surface area contributed by atoms with Crippen LogP contribution in [0.2, 0.25) is 5.04 Å². The molecule has 2 saturated heterocycles. The van der Waals surface area contributed by atoms with Crippen molar-refractivity contribution < 1.29 is 23.4 Å². The number of nitrogens with zero attached hydrogens (tertiary/aromatic N) is 1. The second-order valence-corrected chi connectivity index (χ2v) is 16.6. The third kappa shape index (κ3) is 5.25. The number of amides is 1. The number of rotatable bonds is 5. The minimum Gasteiger partial charge on any atom is -0.444 e. The molecule has 2 aliphatic heterocycles. The molecule has 0 spiro atoms. The molecule has 3 atom stereocenters. The maximum atomic E-state index is 13.3. The zero-order chi connectivity index (χ0) is 26.4. The second kappa shape index (κ2) is 9.60. The Bertz CT molecular complexity index is 1010. The third-order valence-electron chi connectivity index (χ3n) is 6.89. The highest BCUT2D eigenvalue weighted by Crippen LogP contribution is 2.40. The minimum atomic E-state index is -2.78. The summed E-state index contributed by atoms with van der Waals surface area (Å²) in [6, 6.07) is 20.7. The first kappa shape index (κ1) is 26.9. The zero-order valence-corrected chi connectivity index (χ0v) is 23.9. The average Bonchev–Trinajstić information content (AvgIpc) is 3.25. The van der Waals surface area contributed by atoms with E-state index in [4.69, 9.17) is 18.6 Å². The molecule has 196 valence electrons. The van der Waals surface area contributed by atoms with E-state index in [1.54, 1.807) is 4.90 Å². The lowest BCUT2D eigenvalue weighted by molar-refractivity contribution is -0.162. The van der Waals surface area contributed by atoms with Gasteiger partial charge in [-0.1, -0.05) is 81.4 Å². The second-order valence-electron chi connectivity index (χ2n) is 12.3. The van der Waals surface area contributed by atoms with Gasteiger partial charge in [-0.3, -0.25) is 4.90 Å². The van der Waals surface area contributed by atoms with Crippen LogP contribution in [0.5, 0.6) is 0 Å². The van der Waals surface area contributed by atoms with Crippen LogP contribution < -0.4 is 10.4 Å². The molecule has 2 fully saturated rings. The van der Waals surface area contributed by atoms with Crippen LogP contribution in [0.3, 0.4) is 0 Å². The first-order valence-corrected chi connectivity index (χ1v) is 14.7. The van der Waals surface area contributed by atoms with Crippen molar-refractivity contribution in [3.8, 4) is 0 Å². The predicted molar refractivity (Wildman–Crippen MR) is 144 cm³/mol. The van der Waals surface area contributed by atoms with Crippen molar-refractivity contribution in [1.82, 2.24) is 4.90 Å². The van der Waals surface area contributed by atoms with Gasteiger partial charge in [0.2, 0.25) is 0 Å². The monoisotopic (exact) mass is 511 g/mol. The number of ether oxygens (including phenoxy) is 3. The Morgan fingerprint density at radius 1 is 0.944 bits per heavy atom.